The first kappa shape index (κ1) is 18.3. The molecular weight excluding hydrogens is 296 g/mol. The van der Waals surface area contributed by atoms with E-state index in [2.05, 4.69) is 11.9 Å². The topological polar surface area (TPSA) is 49.4 Å². The van der Waals surface area contributed by atoms with E-state index in [-0.39, 0.29) is 17.6 Å². The van der Waals surface area contributed by atoms with Crippen LogP contribution in [0.1, 0.15) is 19.4 Å². The molecule has 0 aliphatic rings. The molecule has 1 aromatic rings. The number of hydrogen-bond donors (Lipinski definition) is 1. The van der Waals surface area contributed by atoms with E-state index in [9.17, 15) is 9.59 Å². The molecule has 120 valence electrons. The van der Waals surface area contributed by atoms with Crippen LogP contribution in [0.4, 0.5) is 5.69 Å². The van der Waals surface area contributed by atoms with Gasteiger partial charge in [0, 0.05) is 18.8 Å². The summed E-state index contributed by atoms with van der Waals surface area (Å²) < 4.78 is 0. The van der Waals surface area contributed by atoms with Gasteiger partial charge in [-0.25, -0.2) is 0 Å². The third-order valence-corrected chi connectivity index (χ3v) is 3.91. The van der Waals surface area contributed by atoms with Gasteiger partial charge in [0.25, 0.3) is 0 Å². The summed E-state index contributed by atoms with van der Waals surface area (Å²) in [6, 6.07) is 7.63. The number of thioether (sulfide) groups is 1. The number of nitrogens with zero attached hydrogens (tertiary/aromatic N) is 1. The van der Waals surface area contributed by atoms with Crippen LogP contribution in [0.15, 0.2) is 36.4 Å². The van der Waals surface area contributed by atoms with E-state index in [1.807, 2.05) is 45.0 Å². The van der Waals surface area contributed by atoms with Crippen LogP contribution in [0, 0.1) is 6.92 Å². The second-order valence-corrected chi connectivity index (χ2v) is 6.26. The highest BCUT2D eigenvalue weighted by molar-refractivity contribution is 8.00. The van der Waals surface area contributed by atoms with Crippen LogP contribution in [0.5, 0.6) is 0 Å². The Morgan fingerprint density at radius 1 is 1.23 bits per heavy atom. The number of aryl methyl sites for hydroxylation is 1. The Hall–Kier alpha value is -1.75. The quantitative estimate of drug-likeness (QED) is 0.749. The lowest BCUT2D eigenvalue weighted by atomic mass is 10.2. The smallest absolute Gasteiger partial charge is 0.234 e. The highest BCUT2D eigenvalue weighted by atomic mass is 32.2. The minimum absolute atomic E-state index is 0.0404. The molecule has 5 heteroatoms. The Balaban J connectivity index is 2.33. The van der Waals surface area contributed by atoms with Crippen molar-refractivity contribution in [3.63, 3.8) is 0 Å². The Kier molecular flexibility index (Phi) is 7.74. The monoisotopic (exact) mass is 320 g/mol. The Bertz CT molecular complexity index is 526. The molecule has 0 saturated carbocycles. The molecule has 0 atom stereocenters. The maximum absolute atomic E-state index is 12.0. The van der Waals surface area contributed by atoms with Gasteiger partial charge in [-0.15, -0.1) is 11.8 Å². The molecule has 2 amide bonds. The first-order chi connectivity index (χ1) is 10.4. The first-order valence-corrected chi connectivity index (χ1v) is 8.44. The van der Waals surface area contributed by atoms with Gasteiger partial charge in [0.15, 0.2) is 0 Å². The predicted molar refractivity (Wildman–Crippen MR) is 94.2 cm³/mol. The second-order valence-electron chi connectivity index (χ2n) is 5.27. The Labute approximate surface area is 137 Å². The molecule has 22 heavy (non-hydrogen) atoms. The van der Waals surface area contributed by atoms with Crippen LogP contribution < -0.4 is 5.32 Å². The van der Waals surface area contributed by atoms with Crippen LogP contribution >= 0.6 is 11.8 Å². The number of benzene rings is 1. The van der Waals surface area contributed by atoms with Crippen LogP contribution in [-0.4, -0.2) is 41.3 Å². The van der Waals surface area contributed by atoms with Crippen LogP contribution in [-0.2, 0) is 9.59 Å². The number of carbonyl (C=O) groups excluding carboxylic acids is 2. The van der Waals surface area contributed by atoms with E-state index in [1.165, 1.54) is 11.8 Å². The summed E-state index contributed by atoms with van der Waals surface area (Å²) in [7, 11) is 0. The van der Waals surface area contributed by atoms with Crippen LogP contribution in [0.3, 0.4) is 0 Å². The van der Waals surface area contributed by atoms with Gasteiger partial charge in [-0.1, -0.05) is 29.8 Å². The SMILES string of the molecule is C=C(C)CN(CC)C(=O)CSCC(=O)Nc1ccc(C)cc1. The fourth-order valence-corrected chi connectivity index (χ4v) is 2.58. The van der Waals surface area contributed by atoms with Crippen molar-refractivity contribution < 1.29 is 9.59 Å². The molecule has 0 saturated heterocycles. The number of rotatable bonds is 8. The van der Waals surface area contributed by atoms with Gasteiger partial charge in [-0.3, -0.25) is 9.59 Å². The van der Waals surface area contributed by atoms with Crippen LogP contribution in [0.25, 0.3) is 0 Å². The fourth-order valence-electron chi connectivity index (χ4n) is 1.86. The summed E-state index contributed by atoms with van der Waals surface area (Å²) in [5.74, 6) is 0.524. The summed E-state index contributed by atoms with van der Waals surface area (Å²) in [5, 5.41) is 2.82. The highest BCUT2D eigenvalue weighted by Gasteiger charge is 2.12. The third-order valence-electron chi connectivity index (χ3n) is 2.99. The summed E-state index contributed by atoms with van der Waals surface area (Å²) in [6.07, 6.45) is 0. The predicted octanol–water partition coefficient (Wildman–Crippen LogP) is 3.09. The third kappa shape index (κ3) is 6.80. The average molecular weight is 320 g/mol. The Morgan fingerprint density at radius 3 is 2.41 bits per heavy atom. The van der Waals surface area contributed by atoms with E-state index in [1.54, 1.807) is 4.90 Å². The minimum atomic E-state index is -0.0930. The first-order valence-electron chi connectivity index (χ1n) is 7.28. The zero-order chi connectivity index (χ0) is 16.5. The number of nitrogens with one attached hydrogen (secondary N) is 1. The summed E-state index contributed by atoms with van der Waals surface area (Å²) >= 11 is 1.33. The molecule has 1 N–H and O–H groups in total. The largest absolute Gasteiger partial charge is 0.338 e. The number of amides is 2. The van der Waals surface area contributed by atoms with Crippen molar-refractivity contribution in [2.45, 2.75) is 20.8 Å². The van der Waals surface area contributed by atoms with E-state index in [4.69, 9.17) is 0 Å². The molecule has 0 radical (unpaired) electrons. The van der Waals surface area contributed by atoms with Crippen molar-refractivity contribution in [2.24, 2.45) is 0 Å². The molecule has 0 unspecified atom stereocenters. The van der Waals surface area contributed by atoms with Crippen molar-refractivity contribution in [2.75, 3.05) is 29.9 Å². The van der Waals surface area contributed by atoms with E-state index in [0.29, 0.717) is 18.8 Å². The molecule has 0 aliphatic heterocycles. The summed E-state index contributed by atoms with van der Waals surface area (Å²) in [4.78, 5) is 25.6. The lowest BCUT2D eigenvalue weighted by molar-refractivity contribution is -0.127. The molecule has 0 aliphatic carbocycles. The molecule has 1 rings (SSSR count). The highest BCUT2D eigenvalue weighted by Crippen LogP contribution is 2.10. The van der Waals surface area contributed by atoms with E-state index < -0.39 is 0 Å². The van der Waals surface area contributed by atoms with E-state index in [0.717, 1.165) is 16.8 Å². The fraction of sp³-hybridized carbons (Fsp3) is 0.412. The molecule has 0 fully saturated rings. The maximum Gasteiger partial charge on any atom is 0.234 e. The summed E-state index contributed by atoms with van der Waals surface area (Å²) in [6.45, 7) is 10.9. The zero-order valence-corrected chi connectivity index (χ0v) is 14.3. The molecule has 0 bridgehead atoms. The van der Waals surface area contributed by atoms with Gasteiger partial charge in [0.1, 0.15) is 0 Å². The Morgan fingerprint density at radius 2 is 1.86 bits per heavy atom. The number of anilines is 1. The van der Waals surface area contributed by atoms with Crippen molar-refractivity contribution in [3.8, 4) is 0 Å². The molecule has 0 aromatic heterocycles. The van der Waals surface area contributed by atoms with Gasteiger partial charge in [0.2, 0.25) is 11.8 Å². The zero-order valence-electron chi connectivity index (χ0n) is 13.5. The standard InChI is InChI=1S/C17H24N2O2S/c1-5-19(10-13(2)3)17(21)12-22-11-16(20)18-15-8-6-14(4)7-9-15/h6-9H,2,5,10-12H2,1,3-4H3,(H,18,20). The second kappa shape index (κ2) is 9.30. The molecule has 0 heterocycles. The molecular formula is C17H24N2O2S. The molecule has 1 aromatic carbocycles. The van der Waals surface area contributed by atoms with Gasteiger partial charge >= 0.3 is 0 Å². The molecule has 4 nitrogen and oxygen atoms in total. The van der Waals surface area contributed by atoms with Gasteiger partial charge < -0.3 is 10.2 Å². The number of carbonyl (C=O) groups is 2. The normalized spacial score (nSPS) is 10.1. The minimum Gasteiger partial charge on any atom is -0.338 e. The van der Waals surface area contributed by atoms with Crippen LogP contribution in [0.2, 0.25) is 0 Å². The summed E-state index contributed by atoms with van der Waals surface area (Å²) in [5.41, 5.74) is 2.88. The van der Waals surface area contributed by atoms with Crippen molar-refractivity contribution in [1.29, 1.82) is 0 Å². The molecule has 0 spiro atoms. The van der Waals surface area contributed by atoms with Crippen molar-refractivity contribution in [1.82, 2.24) is 4.90 Å². The number of hydrogen-bond acceptors (Lipinski definition) is 3. The average Bonchev–Trinajstić information content (AvgIpc) is 2.46. The lowest BCUT2D eigenvalue weighted by Gasteiger charge is -2.20. The van der Waals surface area contributed by atoms with Gasteiger partial charge in [-0.2, -0.15) is 0 Å². The van der Waals surface area contributed by atoms with Crippen molar-refractivity contribution in [3.05, 3.63) is 42.0 Å². The van der Waals surface area contributed by atoms with Gasteiger partial charge in [-0.05, 0) is 32.9 Å². The lowest BCUT2D eigenvalue weighted by Crippen LogP contribution is -2.33. The maximum atomic E-state index is 12.0. The van der Waals surface area contributed by atoms with E-state index >= 15 is 0 Å². The number of likely N-dealkylation sites (N-methyl/N-ethyl adjacent to an activating group) is 1. The van der Waals surface area contributed by atoms with Gasteiger partial charge in [0.05, 0.1) is 11.5 Å². The van der Waals surface area contributed by atoms with Crippen molar-refractivity contribution >= 4 is 29.3 Å².